The molecule has 2 nitrogen and oxygen atoms in total. The first-order valence-corrected chi connectivity index (χ1v) is 9.29. The maximum absolute atomic E-state index is 5.57. The predicted octanol–water partition coefficient (Wildman–Crippen LogP) is 4.72. The molecule has 0 amide bonds. The lowest BCUT2D eigenvalue weighted by Gasteiger charge is -2.25. The molecule has 0 saturated heterocycles. The molecule has 1 aromatic rings. The second-order valence-corrected chi connectivity index (χ2v) is 7.28. The van der Waals surface area contributed by atoms with Gasteiger partial charge in [-0.2, -0.15) is 11.8 Å². The van der Waals surface area contributed by atoms with Crippen molar-refractivity contribution in [2.75, 3.05) is 19.4 Å². The first kappa shape index (κ1) is 16.7. The van der Waals surface area contributed by atoms with Gasteiger partial charge >= 0.3 is 0 Å². The second kappa shape index (κ2) is 8.70. The summed E-state index contributed by atoms with van der Waals surface area (Å²) in [4.78, 5) is 0. The number of methoxy groups -OCH3 is 1. The molecule has 21 heavy (non-hydrogen) atoms. The molecule has 0 heterocycles. The molecule has 1 N–H and O–H groups in total. The van der Waals surface area contributed by atoms with Gasteiger partial charge in [0.05, 0.1) is 7.11 Å². The summed E-state index contributed by atoms with van der Waals surface area (Å²) >= 11 is 2.15. The summed E-state index contributed by atoms with van der Waals surface area (Å²) < 4.78 is 5.57. The summed E-state index contributed by atoms with van der Waals surface area (Å²) in [5, 5.41) is 4.50. The Hall–Kier alpha value is -0.670. The van der Waals surface area contributed by atoms with Crippen LogP contribution < -0.4 is 10.1 Å². The Labute approximate surface area is 134 Å². The molecule has 0 aliphatic heterocycles. The van der Waals surface area contributed by atoms with Gasteiger partial charge in [-0.25, -0.2) is 0 Å². The molecular weight excluding hydrogens is 278 g/mol. The van der Waals surface area contributed by atoms with E-state index in [2.05, 4.69) is 49.1 Å². The van der Waals surface area contributed by atoms with E-state index in [1.807, 2.05) is 0 Å². The SMILES string of the molecule is CCNC(CSC1CCCCC1)c1cc(C)ccc1OC. The molecular formula is C18H29NOS. The molecule has 2 rings (SSSR count). The van der Waals surface area contributed by atoms with Crippen molar-refractivity contribution >= 4 is 11.8 Å². The number of benzene rings is 1. The van der Waals surface area contributed by atoms with Crippen LogP contribution in [-0.2, 0) is 0 Å². The van der Waals surface area contributed by atoms with Gasteiger partial charge in [-0.3, -0.25) is 0 Å². The van der Waals surface area contributed by atoms with E-state index in [0.29, 0.717) is 6.04 Å². The highest BCUT2D eigenvalue weighted by molar-refractivity contribution is 7.99. The Morgan fingerprint density at radius 1 is 1.29 bits per heavy atom. The number of ether oxygens (including phenoxy) is 1. The third kappa shape index (κ3) is 4.93. The lowest BCUT2D eigenvalue weighted by atomic mass is 10.0. The average molecular weight is 308 g/mol. The molecule has 1 aromatic carbocycles. The molecule has 1 unspecified atom stereocenters. The molecule has 3 heteroatoms. The van der Waals surface area contributed by atoms with Crippen molar-refractivity contribution in [3.63, 3.8) is 0 Å². The number of rotatable bonds is 7. The van der Waals surface area contributed by atoms with Crippen LogP contribution in [0, 0.1) is 6.92 Å². The minimum atomic E-state index is 0.386. The highest BCUT2D eigenvalue weighted by Gasteiger charge is 2.19. The third-order valence-electron chi connectivity index (χ3n) is 4.26. The Bertz CT molecular complexity index is 429. The van der Waals surface area contributed by atoms with E-state index in [4.69, 9.17) is 4.74 Å². The van der Waals surface area contributed by atoms with Crippen LogP contribution >= 0.6 is 11.8 Å². The first-order chi connectivity index (χ1) is 10.2. The maximum atomic E-state index is 5.57. The Morgan fingerprint density at radius 3 is 2.71 bits per heavy atom. The summed E-state index contributed by atoms with van der Waals surface area (Å²) in [5.74, 6) is 2.15. The van der Waals surface area contributed by atoms with Gasteiger partial charge in [-0.05, 0) is 32.4 Å². The van der Waals surface area contributed by atoms with Gasteiger partial charge in [0.1, 0.15) is 5.75 Å². The number of nitrogens with one attached hydrogen (secondary N) is 1. The molecule has 1 atom stereocenters. The molecule has 0 aromatic heterocycles. The minimum Gasteiger partial charge on any atom is -0.496 e. The van der Waals surface area contributed by atoms with Crippen molar-refractivity contribution in [3.8, 4) is 5.75 Å². The van der Waals surface area contributed by atoms with Crippen LogP contribution in [-0.4, -0.2) is 24.7 Å². The van der Waals surface area contributed by atoms with Crippen molar-refractivity contribution < 1.29 is 4.74 Å². The van der Waals surface area contributed by atoms with Gasteiger partial charge < -0.3 is 10.1 Å². The van der Waals surface area contributed by atoms with Crippen molar-refractivity contribution in [1.82, 2.24) is 5.32 Å². The van der Waals surface area contributed by atoms with Gasteiger partial charge in [0, 0.05) is 22.6 Å². The van der Waals surface area contributed by atoms with Gasteiger partial charge in [0.15, 0.2) is 0 Å². The fraction of sp³-hybridized carbons (Fsp3) is 0.667. The van der Waals surface area contributed by atoms with E-state index in [-0.39, 0.29) is 0 Å². The standard InChI is InChI=1S/C18H29NOS/c1-4-19-17(13-21-15-8-6-5-7-9-15)16-12-14(2)10-11-18(16)20-3/h10-12,15,17,19H,4-9,13H2,1-3H3. The topological polar surface area (TPSA) is 21.3 Å². The quantitative estimate of drug-likeness (QED) is 0.787. The fourth-order valence-electron chi connectivity index (χ4n) is 3.10. The number of hydrogen-bond donors (Lipinski definition) is 1. The summed E-state index contributed by atoms with van der Waals surface area (Å²) in [7, 11) is 1.77. The highest BCUT2D eigenvalue weighted by atomic mass is 32.2. The average Bonchev–Trinajstić information content (AvgIpc) is 2.52. The van der Waals surface area contributed by atoms with Gasteiger partial charge in [0.25, 0.3) is 0 Å². The third-order valence-corrected chi connectivity index (χ3v) is 5.73. The van der Waals surface area contributed by atoms with Crippen molar-refractivity contribution in [2.45, 2.75) is 57.2 Å². The molecule has 0 radical (unpaired) electrons. The van der Waals surface area contributed by atoms with Crippen molar-refractivity contribution in [2.24, 2.45) is 0 Å². The maximum Gasteiger partial charge on any atom is 0.123 e. The number of thioether (sulfide) groups is 1. The van der Waals surface area contributed by atoms with E-state index in [9.17, 15) is 0 Å². The molecule has 0 bridgehead atoms. The van der Waals surface area contributed by atoms with E-state index in [0.717, 1.165) is 23.3 Å². The normalized spacial score (nSPS) is 17.7. The largest absolute Gasteiger partial charge is 0.496 e. The lowest BCUT2D eigenvalue weighted by molar-refractivity contribution is 0.402. The number of hydrogen-bond acceptors (Lipinski definition) is 3. The molecule has 1 saturated carbocycles. The van der Waals surface area contributed by atoms with E-state index < -0.39 is 0 Å². The molecule has 1 aliphatic rings. The lowest BCUT2D eigenvalue weighted by Crippen LogP contribution is -2.25. The Morgan fingerprint density at radius 2 is 2.05 bits per heavy atom. The zero-order valence-corrected chi connectivity index (χ0v) is 14.5. The zero-order chi connectivity index (χ0) is 15.1. The van der Waals surface area contributed by atoms with Crippen LogP contribution in [0.25, 0.3) is 0 Å². The van der Waals surface area contributed by atoms with Gasteiger partial charge in [0.2, 0.25) is 0 Å². The van der Waals surface area contributed by atoms with Crippen molar-refractivity contribution in [3.05, 3.63) is 29.3 Å². The van der Waals surface area contributed by atoms with Crippen LogP contribution in [0.5, 0.6) is 5.75 Å². The smallest absolute Gasteiger partial charge is 0.123 e. The van der Waals surface area contributed by atoms with Gasteiger partial charge in [-0.15, -0.1) is 0 Å². The Balaban J connectivity index is 2.05. The van der Waals surface area contributed by atoms with Gasteiger partial charge in [-0.1, -0.05) is 43.9 Å². The van der Waals surface area contributed by atoms with Crippen LogP contribution in [0.1, 0.15) is 56.2 Å². The molecule has 118 valence electrons. The van der Waals surface area contributed by atoms with E-state index in [1.165, 1.54) is 43.2 Å². The minimum absolute atomic E-state index is 0.386. The van der Waals surface area contributed by atoms with Crippen molar-refractivity contribution in [1.29, 1.82) is 0 Å². The first-order valence-electron chi connectivity index (χ1n) is 8.24. The molecule has 0 spiro atoms. The predicted molar refractivity (Wildman–Crippen MR) is 93.5 cm³/mol. The summed E-state index contributed by atoms with van der Waals surface area (Å²) in [6.45, 7) is 5.33. The highest BCUT2D eigenvalue weighted by Crippen LogP contribution is 2.33. The monoisotopic (exact) mass is 307 g/mol. The van der Waals surface area contributed by atoms with Crippen LogP contribution in [0.4, 0.5) is 0 Å². The number of aryl methyl sites for hydroxylation is 1. The fourth-order valence-corrected chi connectivity index (χ4v) is 4.52. The summed E-state index contributed by atoms with van der Waals surface area (Å²) in [6.07, 6.45) is 7.05. The Kier molecular flexibility index (Phi) is 6.91. The summed E-state index contributed by atoms with van der Waals surface area (Å²) in [5.41, 5.74) is 2.61. The van der Waals surface area contributed by atoms with Crippen LogP contribution in [0.15, 0.2) is 18.2 Å². The zero-order valence-electron chi connectivity index (χ0n) is 13.7. The molecule has 1 fully saturated rings. The summed E-state index contributed by atoms with van der Waals surface area (Å²) in [6, 6.07) is 6.88. The van der Waals surface area contributed by atoms with E-state index >= 15 is 0 Å². The second-order valence-electron chi connectivity index (χ2n) is 5.95. The van der Waals surface area contributed by atoms with E-state index in [1.54, 1.807) is 7.11 Å². The molecule has 1 aliphatic carbocycles. The van der Waals surface area contributed by atoms with Crippen LogP contribution in [0.2, 0.25) is 0 Å². The van der Waals surface area contributed by atoms with Crippen LogP contribution in [0.3, 0.4) is 0 Å².